The lowest BCUT2D eigenvalue weighted by atomic mass is 10.1. The van der Waals surface area contributed by atoms with Crippen molar-refractivity contribution in [2.45, 2.75) is 32.9 Å². The molecular weight excluding hydrogens is 242 g/mol. The van der Waals surface area contributed by atoms with Crippen molar-refractivity contribution in [3.8, 4) is 11.5 Å². The molecule has 0 aliphatic heterocycles. The molecule has 1 atom stereocenters. The van der Waals surface area contributed by atoms with Gasteiger partial charge in [0, 0.05) is 13.1 Å². The van der Waals surface area contributed by atoms with Crippen LogP contribution in [0.5, 0.6) is 11.5 Å². The Morgan fingerprint density at radius 3 is 2.37 bits per heavy atom. The van der Waals surface area contributed by atoms with E-state index in [0.717, 1.165) is 36.6 Å². The molecule has 0 spiro atoms. The molecule has 0 heterocycles. The van der Waals surface area contributed by atoms with Crippen molar-refractivity contribution in [3.63, 3.8) is 0 Å². The number of rotatable bonds is 8. The van der Waals surface area contributed by atoms with Gasteiger partial charge in [-0.2, -0.15) is 0 Å². The summed E-state index contributed by atoms with van der Waals surface area (Å²) in [6, 6.07) is 5.93. The summed E-state index contributed by atoms with van der Waals surface area (Å²) in [7, 11) is 3.27. The van der Waals surface area contributed by atoms with E-state index in [9.17, 15) is 5.11 Å². The Morgan fingerprint density at radius 1 is 1.16 bits per heavy atom. The average molecular weight is 267 g/mol. The van der Waals surface area contributed by atoms with Gasteiger partial charge in [-0.25, -0.2) is 0 Å². The molecule has 0 bridgehead atoms. The molecule has 0 amide bonds. The number of hydrogen-bond acceptors (Lipinski definition) is 4. The van der Waals surface area contributed by atoms with Crippen LogP contribution in [0.2, 0.25) is 0 Å². The van der Waals surface area contributed by atoms with Crippen molar-refractivity contribution in [2.24, 2.45) is 0 Å². The molecule has 1 N–H and O–H groups in total. The number of ether oxygens (including phenoxy) is 2. The van der Waals surface area contributed by atoms with Crippen molar-refractivity contribution < 1.29 is 14.6 Å². The molecule has 4 heteroatoms. The van der Waals surface area contributed by atoms with Gasteiger partial charge in [-0.05, 0) is 30.7 Å². The first-order valence-electron chi connectivity index (χ1n) is 6.75. The zero-order chi connectivity index (χ0) is 14.3. The van der Waals surface area contributed by atoms with E-state index < -0.39 is 0 Å². The van der Waals surface area contributed by atoms with Gasteiger partial charge in [-0.3, -0.25) is 4.90 Å². The molecule has 1 aromatic rings. The van der Waals surface area contributed by atoms with Crippen LogP contribution >= 0.6 is 0 Å². The van der Waals surface area contributed by atoms with Crippen LogP contribution in [0.15, 0.2) is 18.2 Å². The molecule has 0 saturated heterocycles. The Labute approximate surface area is 115 Å². The third-order valence-corrected chi connectivity index (χ3v) is 3.24. The predicted octanol–water partition coefficient (Wildman–Crippen LogP) is 2.30. The maximum atomic E-state index is 9.73. The molecule has 0 aliphatic rings. The van der Waals surface area contributed by atoms with Crippen LogP contribution in [-0.2, 0) is 6.54 Å². The number of aliphatic hydroxyl groups excluding tert-OH is 1. The van der Waals surface area contributed by atoms with Gasteiger partial charge < -0.3 is 14.6 Å². The first-order chi connectivity index (χ1) is 9.14. The standard InChI is InChI=1S/C15H25NO3/c1-5-13(17)11-16(6-2)10-12-7-8-14(18-3)15(9-12)19-4/h7-9,13,17H,5-6,10-11H2,1-4H3/t13-/m1/s1. The Bertz CT molecular complexity index is 382. The summed E-state index contributed by atoms with van der Waals surface area (Å²) < 4.78 is 10.5. The summed E-state index contributed by atoms with van der Waals surface area (Å²) in [5.41, 5.74) is 1.16. The summed E-state index contributed by atoms with van der Waals surface area (Å²) in [5.74, 6) is 1.48. The molecule has 0 saturated carbocycles. The lowest BCUT2D eigenvalue weighted by Crippen LogP contribution is -2.31. The van der Waals surface area contributed by atoms with E-state index in [4.69, 9.17) is 9.47 Å². The molecule has 4 nitrogen and oxygen atoms in total. The first kappa shape index (κ1) is 15.8. The van der Waals surface area contributed by atoms with E-state index in [2.05, 4.69) is 11.8 Å². The molecule has 1 rings (SSSR count). The highest BCUT2D eigenvalue weighted by molar-refractivity contribution is 5.42. The zero-order valence-electron chi connectivity index (χ0n) is 12.3. The number of likely N-dealkylation sites (N-methyl/N-ethyl adjacent to an activating group) is 1. The average Bonchev–Trinajstić information content (AvgIpc) is 2.45. The minimum absolute atomic E-state index is 0.264. The molecule has 0 aliphatic carbocycles. The fourth-order valence-corrected chi connectivity index (χ4v) is 1.97. The molecule has 0 fully saturated rings. The summed E-state index contributed by atoms with van der Waals surface area (Å²) in [6.07, 6.45) is 0.516. The lowest BCUT2D eigenvalue weighted by molar-refractivity contribution is 0.108. The number of hydrogen-bond donors (Lipinski definition) is 1. The molecule has 0 unspecified atom stereocenters. The second-order valence-electron chi connectivity index (χ2n) is 4.58. The van der Waals surface area contributed by atoms with E-state index in [1.54, 1.807) is 14.2 Å². The highest BCUT2D eigenvalue weighted by atomic mass is 16.5. The van der Waals surface area contributed by atoms with Crippen LogP contribution in [0.1, 0.15) is 25.8 Å². The minimum atomic E-state index is -0.264. The van der Waals surface area contributed by atoms with E-state index in [1.807, 2.05) is 25.1 Å². The van der Waals surface area contributed by atoms with Crippen LogP contribution in [0.25, 0.3) is 0 Å². The zero-order valence-corrected chi connectivity index (χ0v) is 12.3. The van der Waals surface area contributed by atoms with Crippen LogP contribution < -0.4 is 9.47 Å². The third-order valence-electron chi connectivity index (χ3n) is 3.24. The van der Waals surface area contributed by atoms with Gasteiger partial charge in [0.05, 0.1) is 20.3 Å². The first-order valence-corrected chi connectivity index (χ1v) is 6.75. The summed E-state index contributed by atoms with van der Waals surface area (Å²) in [6.45, 7) is 6.50. The van der Waals surface area contributed by atoms with Crippen LogP contribution in [0.3, 0.4) is 0 Å². The SMILES string of the molecule is CC[C@@H](O)CN(CC)Cc1ccc(OC)c(OC)c1. The van der Waals surface area contributed by atoms with E-state index in [1.165, 1.54) is 0 Å². The van der Waals surface area contributed by atoms with E-state index >= 15 is 0 Å². The second kappa shape index (κ2) is 8.02. The Kier molecular flexibility index (Phi) is 6.67. The monoisotopic (exact) mass is 267 g/mol. The molecule has 1 aromatic carbocycles. The van der Waals surface area contributed by atoms with Crippen LogP contribution in [-0.4, -0.2) is 43.4 Å². The van der Waals surface area contributed by atoms with Crippen molar-refractivity contribution >= 4 is 0 Å². The Balaban J connectivity index is 2.74. The van der Waals surface area contributed by atoms with E-state index in [-0.39, 0.29) is 6.10 Å². The summed E-state index contributed by atoms with van der Waals surface area (Å²) in [4.78, 5) is 2.22. The van der Waals surface area contributed by atoms with Crippen molar-refractivity contribution in [3.05, 3.63) is 23.8 Å². The Hall–Kier alpha value is -1.26. The quantitative estimate of drug-likeness (QED) is 0.784. The number of methoxy groups -OCH3 is 2. The van der Waals surface area contributed by atoms with Gasteiger partial charge >= 0.3 is 0 Å². The summed E-state index contributed by atoms with van der Waals surface area (Å²) >= 11 is 0. The maximum absolute atomic E-state index is 9.73. The highest BCUT2D eigenvalue weighted by Crippen LogP contribution is 2.28. The maximum Gasteiger partial charge on any atom is 0.161 e. The predicted molar refractivity (Wildman–Crippen MR) is 76.8 cm³/mol. The molecule has 0 aromatic heterocycles. The smallest absolute Gasteiger partial charge is 0.161 e. The molecule has 19 heavy (non-hydrogen) atoms. The lowest BCUT2D eigenvalue weighted by Gasteiger charge is -2.23. The molecule has 108 valence electrons. The topological polar surface area (TPSA) is 41.9 Å². The molecular formula is C15H25NO3. The Morgan fingerprint density at radius 2 is 1.84 bits per heavy atom. The number of aliphatic hydroxyl groups is 1. The number of nitrogens with zero attached hydrogens (tertiary/aromatic N) is 1. The normalized spacial score (nSPS) is 12.5. The largest absolute Gasteiger partial charge is 0.493 e. The van der Waals surface area contributed by atoms with E-state index in [0.29, 0.717) is 6.54 Å². The second-order valence-corrected chi connectivity index (χ2v) is 4.58. The van der Waals surface area contributed by atoms with Gasteiger partial charge in [0.15, 0.2) is 11.5 Å². The minimum Gasteiger partial charge on any atom is -0.493 e. The van der Waals surface area contributed by atoms with Gasteiger partial charge in [0.25, 0.3) is 0 Å². The third kappa shape index (κ3) is 4.73. The van der Waals surface area contributed by atoms with Crippen molar-refractivity contribution in [2.75, 3.05) is 27.3 Å². The van der Waals surface area contributed by atoms with Gasteiger partial charge in [-0.1, -0.05) is 19.9 Å². The van der Waals surface area contributed by atoms with Gasteiger partial charge in [0.2, 0.25) is 0 Å². The van der Waals surface area contributed by atoms with Crippen LogP contribution in [0, 0.1) is 0 Å². The van der Waals surface area contributed by atoms with Crippen LogP contribution in [0.4, 0.5) is 0 Å². The fraction of sp³-hybridized carbons (Fsp3) is 0.600. The number of benzene rings is 1. The highest BCUT2D eigenvalue weighted by Gasteiger charge is 2.11. The van der Waals surface area contributed by atoms with Crippen molar-refractivity contribution in [1.29, 1.82) is 0 Å². The van der Waals surface area contributed by atoms with Crippen molar-refractivity contribution in [1.82, 2.24) is 4.90 Å². The van der Waals surface area contributed by atoms with Gasteiger partial charge in [0.1, 0.15) is 0 Å². The fourth-order valence-electron chi connectivity index (χ4n) is 1.97. The van der Waals surface area contributed by atoms with Gasteiger partial charge in [-0.15, -0.1) is 0 Å². The summed E-state index contributed by atoms with van der Waals surface area (Å²) in [5, 5.41) is 9.73. The molecule has 0 radical (unpaired) electrons.